The molecule has 9 heteroatoms. The van der Waals surface area contributed by atoms with Gasteiger partial charge in [-0.15, -0.1) is 0 Å². The number of halogens is 1. The lowest BCUT2D eigenvalue weighted by atomic mass is 9.95. The number of phenols is 1. The second-order valence-corrected chi connectivity index (χ2v) is 8.74. The van der Waals surface area contributed by atoms with Crippen molar-refractivity contribution in [3.63, 3.8) is 0 Å². The minimum absolute atomic E-state index is 0.0667. The zero-order chi connectivity index (χ0) is 26.0. The predicted molar refractivity (Wildman–Crippen MR) is 136 cm³/mol. The molecule has 1 aliphatic heterocycles. The number of Topliss-reactive ketones (excluding diaryl/α,β-unsaturated/α-hetero) is 1. The van der Waals surface area contributed by atoms with Crippen LogP contribution in [0.2, 0.25) is 0 Å². The van der Waals surface area contributed by atoms with Gasteiger partial charge in [0, 0.05) is 11.3 Å². The number of hydrogen-bond donors (Lipinski definition) is 2. The average molecular weight is 552 g/mol. The molecule has 1 unspecified atom stereocenters. The van der Waals surface area contributed by atoms with Crippen molar-refractivity contribution in [1.29, 1.82) is 0 Å². The molecule has 3 aromatic rings. The zero-order valence-corrected chi connectivity index (χ0v) is 21.0. The van der Waals surface area contributed by atoms with E-state index in [0.717, 1.165) is 0 Å². The molecule has 0 bridgehead atoms. The van der Waals surface area contributed by atoms with E-state index in [-0.39, 0.29) is 29.3 Å². The summed E-state index contributed by atoms with van der Waals surface area (Å²) in [5.74, 6) is -2.18. The van der Waals surface area contributed by atoms with Crippen molar-refractivity contribution in [2.45, 2.75) is 13.0 Å². The van der Waals surface area contributed by atoms with Gasteiger partial charge in [0.15, 0.2) is 0 Å². The fourth-order valence-corrected chi connectivity index (χ4v) is 4.59. The minimum atomic E-state index is -1.04. The first kappa shape index (κ1) is 25.0. The maximum atomic E-state index is 13.3. The Morgan fingerprint density at radius 3 is 2.33 bits per heavy atom. The highest BCUT2D eigenvalue weighted by molar-refractivity contribution is 9.10. The summed E-state index contributed by atoms with van der Waals surface area (Å²) < 4.78 is 10.8. The molecule has 184 valence electrons. The summed E-state index contributed by atoms with van der Waals surface area (Å²) in [6, 6.07) is 15.9. The van der Waals surface area contributed by atoms with Crippen molar-refractivity contribution in [2.75, 3.05) is 18.6 Å². The van der Waals surface area contributed by atoms with E-state index in [2.05, 4.69) is 15.9 Å². The predicted octanol–water partition coefficient (Wildman–Crippen LogP) is 4.97. The molecule has 1 saturated heterocycles. The molecule has 8 nitrogen and oxygen atoms in total. The summed E-state index contributed by atoms with van der Waals surface area (Å²) in [4.78, 5) is 39.8. The molecule has 1 atom stereocenters. The number of aliphatic hydroxyl groups excluding tert-OH is 1. The zero-order valence-electron chi connectivity index (χ0n) is 19.4. The number of anilines is 1. The summed E-state index contributed by atoms with van der Waals surface area (Å²) in [5, 5.41) is 21.3. The van der Waals surface area contributed by atoms with Crippen LogP contribution in [-0.2, 0) is 14.3 Å². The van der Waals surface area contributed by atoms with Crippen LogP contribution in [0.1, 0.15) is 34.5 Å². The van der Waals surface area contributed by atoms with Crippen molar-refractivity contribution in [2.24, 2.45) is 0 Å². The molecule has 0 radical (unpaired) electrons. The molecule has 0 saturated carbocycles. The Labute approximate surface area is 215 Å². The number of ketones is 1. The van der Waals surface area contributed by atoms with Gasteiger partial charge in [-0.3, -0.25) is 14.5 Å². The third-order valence-corrected chi connectivity index (χ3v) is 6.33. The Hall–Kier alpha value is -4.11. The number of rotatable bonds is 6. The summed E-state index contributed by atoms with van der Waals surface area (Å²) in [6.07, 6.45) is 0. The Kier molecular flexibility index (Phi) is 7.12. The van der Waals surface area contributed by atoms with Gasteiger partial charge in [-0.2, -0.15) is 0 Å². The van der Waals surface area contributed by atoms with Crippen molar-refractivity contribution >= 4 is 45.0 Å². The molecule has 0 aliphatic carbocycles. The second-order valence-electron chi connectivity index (χ2n) is 7.88. The summed E-state index contributed by atoms with van der Waals surface area (Å²) in [6.45, 7) is 1.91. The first-order chi connectivity index (χ1) is 17.3. The summed E-state index contributed by atoms with van der Waals surface area (Å²) >= 11 is 3.37. The number of esters is 1. The van der Waals surface area contributed by atoms with Gasteiger partial charge in [-0.05, 0) is 83.0 Å². The maximum absolute atomic E-state index is 13.3. The van der Waals surface area contributed by atoms with E-state index >= 15 is 0 Å². The lowest BCUT2D eigenvalue weighted by Gasteiger charge is -2.25. The van der Waals surface area contributed by atoms with Gasteiger partial charge in [-0.1, -0.05) is 12.1 Å². The summed E-state index contributed by atoms with van der Waals surface area (Å²) in [5.41, 5.74) is 1.18. The van der Waals surface area contributed by atoms with Crippen LogP contribution in [0, 0.1) is 0 Å². The highest BCUT2D eigenvalue weighted by Gasteiger charge is 2.47. The number of ether oxygens (including phenoxy) is 2. The molecule has 3 aromatic carbocycles. The first-order valence-corrected chi connectivity index (χ1v) is 11.8. The lowest BCUT2D eigenvalue weighted by Crippen LogP contribution is -2.29. The van der Waals surface area contributed by atoms with Gasteiger partial charge in [0.2, 0.25) is 0 Å². The highest BCUT2D eigenvalue weighted by Crippen LogP contribution is 2.43. The van der Waals surface area contributed by atoms with Crippen molar-refractivity contribution in [3.05, 3.63) is 93.5 Å². The average Bonchev–Trinajstić information content (AvgIpc) is 3.14. The monoisotopic (exact) mass is 551 g/mol. The molecule has 2 N–H and O–H groups in total. The number of benzene rings is 3. The van der Waals surface area contributed by atoms with E-state index in [4.69, 9.17) is 9.47 Å². The molecule has 4 rings (SSSR count). The molecule has 36 heavy (non-hydrogen) atoms. The van der Waals surface area contributed by atoms with E-state index in [1.807, 2.05) is 0 Å². The fraction of sp³-hybridized carbons (Fsp3) is 0.148. The molecule has 1 amide bonds. The van der Waals surface area contributed by atoms with Gasteiger partial charge >= 0.3 is 5.97 Å². The largest absolute Gasteiger partial charge is 0.508 e. The third kappa shape index (κ3) is 4.57. The molecular formula is C27H22BrNO7. The third-order valence-electron chi connectivity index (χ3n) is 5.71. The van der Waals surface area contributed by atoms with Crippen LogP contribution in [0.25, 0.3) is 5.76 Å². The molecule has 1 aliphatic rings. The molecule has 0 spiro atoms. The van der Waals surface area contributed by atoms with Gasteiger partial charge in [0.1, 0.15) is 17.3 Å². The Bertz CT molecular complexity index is 1380. The molecular weight excluding hydrogens is 530 g/mol. The van der Waals surface area contributed by atoms with Crippen molar-refractivity contribution in [3.8, 4) is 11.5 Å². The van der Waals surface area contributed by atoms with Crippen LogP contribution in [0.3, 0.4) is 0 Å². The number of phenolic OH excluding ortho intramolecular Hbond substituents is 1. The second kappa shape index (κ2) is 10.2. The van der Waals surface area contributed by atoms with E-state index in [1.165, 1.54) is 48.4 Å². The van der Waals surface area contributed by atoms with Crippen molar-refractivity contribution < 1.29 is 34.1 Å². The number of nitrogens with zero attached hydrogens (tertiary/aromatic N) is 1. The number of amides is 1. The quantitative estimate of drug-likeness (QED) is 0.192. The lowest BCUT2D eigenvalue weighted by molar-refractivity contribution is -0.132. The number of methoxy groups -OCH3 is 1. The molecule has 0 aromatic heterocycles. The maximum Gasteiger partial charge on any atom is 0.338 e. The van der Waals surface area contributed by atoms with E-state index in [0.29, 0.717) is 27.0 Å². The fourth-order valence-electron chi connectivity index (χ4n) is 4.05. The van der Waals surface area contributed by atoms with Gasteiger partial charge in [0.25, 0.3) is 11.7 Å². The topological polar surface area (TPSA) is 113 Å². The molecule has 1 fully saturated rings. The van der Waals surface area contributed by atoms with Gasteiger partial charge in [-0.25, -0.2) is 4.79 Å². The SMILES string of the molecule is CCOC(=O)c1ccc(N2C(=O)C(=O)/C(=C(\O)c3ccc(OC)c(Br)c3)C2c2cccc(O)c2)cc1. The van der Waals surface area contributed by atoms with Crippen LogP contribution in [-0.4, -0.2) is 41.6 Å². The number of aromatic hydroxyl groups is 1. The van der Waals surface area contributed by atoms with Crippen LogP contribution in [0.5, 0.6) is 11.5 Å². The van der Waals surface area contributed by atoms with Crippen LogP contribution in [0.4, 0.5) is 5.69 Å². The van der Waals surface area contributed by atoms with E-state index < -0.39 is 23.7 Å². The van der Waals surface area contributed by atoms with Crippen molar-refractivity contribution in [1.82, 2.24) is 0 Å². The summed E-state index contributed by atoms with van der Waals surface area (Å²) in [7, 11) is 1.50. The standard InChI is InChI=1S/C27H22BrNO7/c1-3-36-27(34)15-7-10-18(11-8-15)29-23(16-5-4-6-19(30)13-16)22(25(32)26(29)33)24(31)17-9-12-21(35-2)20(28)14-17/h4-14,23,30-31H,3H2,1-2H3/b24-22-. The van der Waals surface area contributed by atoms with Crippen LogP contribution < -0.4 is 9.64 Å². The minimum Gasteiger partial charge on any atom is -0.508 e. The Morgan fingerprint density at radius 1 is 1.03 bits per heavy atom. The number of hydrogen-bond acceptors (Lipinski definition) is 7. The number of aliphatic hydroxyl groups is 1. The Morgan fingerprint density at radius 2 is 1.72 bits per heavy atom. The van der Waals surface area contributed by atoms with Crippen LogP contribution in [0.15, 0.2) is 76.8 Å². The first-order valence-electron chi connectivity index (χ1n) is 11.0. The smallest absolute Gasteiger partial charge is 0.338 e. The highest BCUT2D eigenvalue weighted by atomic mass is 79.9. The Balaban J connectivity index is 1.87. The van der Waals surface area contributed by atoms with E-state index in [1.54, 1.807) is 37.3 Å². The number of carbonyl (C=O) groups is 3. The number of carbonyl (C=O) groups excluding carboxylic acids is 3. The van der Waals surface area contributed by atoms with Gasteiger partial charge in [0.05, 0.1) is 35.4 Å². The molecule has 1 heterocycles. The van der Waals surface area contributed by atoms with E-state index in [9.17, 15) is 24.6 Å². The normalized spacial score (nSPS) is 16.8. The van der Waals surface area contributed by atoms with Gasteiger partial charge < -0.3 is 19.7 Å². The van der Waals surface area contributed by atoms with Crippen LogP contribution >= 0.6 is 15.9 Å².